The maximum atomic E-state index is 3.16. The lowest BCUT2D eigenvalue weighted by atomic mass is 9.81. The van der Waals surface area contributed by atoms with Crippen LogP contribution in [0.4, 0.5) is 0 Å². The largest absolute Gasteiger partial charge is 0.319 e. The molecule has 1 saturated carbocycles. The van der Waals surface area contributed by atoms with Crippen LogP contribution in [0.3, 0.4) is 0 Å². The average Bonchev–Trinajstić information content (AvgIpc) is 1.98. The summed E-state index contributed by atoms with van der Waals surface area (Å²) in [6, 6.07) is 0. The van der Waals surface area contributed by atoms with E-state index in [9.17, 15) is 0 Å². The maximum Gasteiger partial charge on any atom is -0.00172 e. The summed E-state index contributed by atoms with van der Waals surface area (Å²) in [7, 11) is 2.01. The molecule has 0 aromatic heterocycles. The molecule has 0 spiro atoms. The van der Waals surface area contributed by atoms with Crippen molar-refractivity contribution in [3.05, 3.63) is 11.6 Å². The topological polar surface area (TPSA) is 12.0 Å². The Morgan fingerprint density at radius 1 is 1.50 bits per heavy atom. The highest BCUT2D eigenvalue weighted by Gasteiger charge is 2.16. The Morgan fingerprint density at radius 2 is 2.25 bits per heavy atom. The molecule has 1 rings (SSSR count). The van der Waals surface area contributed by atoms with Gasteiger partial charge in [-0.1, -0.05) is 30.9 Å². The van der Waals surface area contributed by atoms with E-state index in [1.165, 1.54) is 32.1 Å². The Morgan fingerprint density at radius 3 is 2.75 bits per heavy atom. The second kappa shape index (κ2) is 5.36. The predicted molar refractivity (Wildman–Crippen MR) is 54.3 cm³/mol. The van der Waals surface area contributed by atoms with Crippen molar-refractivity contribution in [3.8, 4) is 0 Å². The first-order valence-corrected chi connectivity index (χ1v) is 5.13. The minimum Gasteiger partial charge on any atom is -0.319 e. The van der Waals surface area contributed by atoms with E-state index in [1.54, 1.807) is 5.57 Å². The number of hydrogen-bond acceptors (Lipinski definition) is 1. The molecule has 0 amide bonds. The molecule has 1 heteroatoms. The second-order valence-corrected chi connectivity index (χ2v) is 3.94. The van der Waals surface area contributed by atoms with Gasteiger partial charge in [-0.3, -0.25) is 0 Å². The molecule has 1 aliphatic carbocycles. The molecule has 0 aromatic rings. The van der Waals surface area contributed by atoms with Gasteiger partial charge < -0.3 is 5.32 Å². The Kier molecular flexibility index (Phi) is 4.37. The molecule has 1 aliphatic rings. The van der Waals surface area contributed by atoms with Gasteiger partial charge in [-0.25, -0.2) is 0 Å². The molecular weight excluding hydrogens is 146 g/mol. The summed E-state index contributed by atoms with van der Waals surface area (Å²) in [5, 5.41) is 3.16. The summed E-state index contributed by atoms with van der Waals surface area (Å²) in [6.45, 7) is 3.38. The van der Waals surface area contributed by atoms with Gasteiger partial charge in [0.1, 0.15) is 0 Å². The Labute approximate surface area is 76.2 Å². The first kappa shape index (κ1) is 9.79. The lowest BCUT2D eigenvalue weighted by molar-refractivity contribution is 0.313. The lowest BCUT2D eigenvalue weighted by Gasteiger charge is -2.25. The molecule has 0 saturated heterocycles. The molecule has 0 unspecified atom stereocenters. The third kappa shape index (κ3) is 3.40. The van der Waals surface area contributed by atoms with E-state index in [2.05, 4.69) is 18.3 Å². The van der Waals surface area contributed by atoms with Crippen LogP contribution in [0.5, 0.6) is 0 Å². The van der Waals surface area contributed by atoms with Gasteiger partial charge in [0, 0.05) is 0 Å². The van der Waals surface area contributed by atoms with E-state index >= 15 is 0 Å². The molecule has 12 heavy (non-hydrogen) atoms. The summed E-state index contributed by atoms with van der Waals surface area (Å²) in [4.78, 5) is 0. The highest BCUT2D eigenvalue weighted by atomic mass is 14.8. The number of rotatable bonds is 5. The summed E-state index contributed by atoms with van der Waals surface area (Å²) >= 11 is 0. The van der Waals surface area contributed by atoms with Crippen molar-refractivity contribution in [1.82, 2.24) is 5.32 Å². The fraction of sp³-hybridized carbons (Fsp3) is 0.818. The first-order chi connectivity index (χ1) is 5.83. The molecule has 0 bridgehead atoms. The fourth-order valence-electron chi connectivity index (χ4n) is 1.70. The molecule has 1 N–H and O–H groups in total. The Balaban J connectivity index is 2.08. The van der Waals surface area contributed by atoms with Gasteiger partial charge in [-0.05, 0) is 39.3 Å². The number of allylic oxidation sites excluding steroid dienone is 1. The van der Waals surface area contributed by atoms with Gasteiger partial charge in [-0.15, -0.1) is 0 Å². The standard InChI is InChI=1S/C11H21N/c1-10(5-4-8-12-2)9-11-6-3-7-11/h5,11-12H,3-4,6-9H2,1-2H3. The zero-order chi connectivity index (χ0) is 8.81. The van der Waals surface area contributed by atoms with E-state index in [0.717, 1.165) is 12.5 Å². The summed E-state index contributed by atoms with van der Waals surface area (Å²) in [5.74, 6) is 1.02. The minimum absolute atomic E-state index is 1.02. The molecular formula is C11H21N. The van der Waals surface area contributed by atoms with Crippen LogP contribution in [0.1, 0.15) is 39.0 Å². The zero-order valence-corrected chi connectivity index (χ0v) is 8.40. The molecule has 0 atom stereocenters. The highest BCUT2D eigenvalue weighted by molar-refractivity contribution is 5.00. The van der Waals surface area contributed by atoms with E-state index in [0.29, 0.717) is 0 Å². The van der Waals surface area contributed by atoms with Gasteiger partial charge in [0.25, 0.3) is 0 Å². The summed E-state index contributed by atoms with van der Waals surface area (Å²) in [6.07, 6.45) is 9.33. The molecule has 0 aliphatic heterocycles. The maximum absolute atomic E-state index is 3.16. The normalized spacial score (nSPS) is 19.3. The van der Waals surface area contributed by atoms with Crippen molar-refractivity contribution >= 4 is 0 Å². The smallest absolute Gasteiger partial charge is 0.00172 e. The first-order valence-electron chi connectivity index (χ1n) is 5.13. The molecule has 1 nitrogen and oxygen atoms in total. The quantitative estimate of drug-likeness (QED) is 0.490. The monoisotopic (exact) mass is 167 g/mol. The lowest BCUT2D eigenvalue weighted by Crippen LogP contribution is -2.11. The van der Waals surface area contributed by atoms with Crippen molar-refractivity contribution in [3.63, 3.8) is 0 Å². The van der Waals surface area contributed by atoms with Crippen LogP contribution in [-0.2, 0) is 0 Å². The molecule has 70 valence electrons. The third-order valence-corrected chi connectivity index (χ3v) is 2.72. The predicted octanol–water partition coefficient (Wildman–Crippen LogP) is 2.73. The summed E-state index contributed by atoms with van der Waals surface area (Å²) in [5.41, 5.74) is 1.59. The van der Waals surface area contributed by atoms with Crippen molar-refractivity contribution in [2.24, 2.45) is 5.92 Å². The van der Waals surface area contributed by atoms with Crippen LogP contribution in [-0.4, -0.2) is 13.6 Å². The number of nitrogens with one attached hydrogen (secondary N) is 1. The van der Waals surface area contributed by atoms with Crippen LogP contribution in [0, 0.1) is 5.92 Å². The van der Waals surface area contributed by atoms with E-state index in [-0.39, 0.29) is 0 Å². The van der Waals surface area contributed by atoms with Crippen molar-refractivity contribution < 1.29 is 0 Å². The molecule has 0 aromatic carbocycles. The Hall–Kier alpha value is -0.300. The number of hydrogen-bond donors (Lipinski definition) is 1. The third-order valence-electron chi connectivity index (χ3n) is 2.72. The van der Waals surface area contributed by atoms with E-state index in [4.69, 9.17) is 0 Å². The van der Waals surface area contributed by atoms with Gasteiger partial charge in [-0.2, -0.15) is 0 Å². The van der Waals surface area contributed by atoms with Crippen molar-refractivity contribution in [1.29, 1.82) is 0 Å². The fourth-order valence-corrected chi connectivity index (χ4v) is 1.70. The van der Waals surface area contributed by atoms with Crippen LogP contribution in [0.2, 0.25) is 0 Å². The van der Waals surface area contributed by atoms with Gasteiger partial charge >= 0.3 is 0 Å². The van der Waals surface area contributed by atoms with Gasteiger partial charge in [0.05, 0.1) is 0 Å². The SMILES string of the molecule is CNCCC=C(C)CC1CCC1. The van der Waals surface area contributed by atoms with Crippen LogP contribution >= 0.6 is 0 Å². The highest BCUT2D eigenvalue weighted by Crippen LogP contribution is 2.31. The Bertz CT molecular complexity index is 145. The van der Waals surface area contributed by atoms with Gasteiger partial charge in [0.2, 0.25) is 0 Å². The zero-order valence-electron chi connectivity index (χ0n) is 8.40. The van der Waals surface area contributed by atoms with E-state index < -0.39 is 0 Å². The van der Waals surface area contributed by atoms with Crippen LogP contribution < -0.4 is 5.32 Å². The minimum atomic E-state index is 1.02. The molecule has 1 fully saturated rings. The van der Waals surface area contributed by atoms with E-state index in [1.807, 2.05) is 7.05 Å². The van der Waals surface area contributed by atoms with Crippen LogP contribution in [0.25, 0.3) is 0 Å². The molecule has 0 heterocycles. The summed E-state index contributed by atoms with van der Waals surface area (Å²) < 4.78 is 0. The second-order valence-electron chi connectivity index (χ2n) is 3.94. The van der Waals surface area contributed by atoms with Crippen molar-refractivity contribution in [2.45, 2.75) is 39.0 Å². The van der Waals surface area contributed by atoms with Crippen LogP contribution in [0.15, 0.2) is 11.6 Å². The van der Waals surface area contributed by atoms with Crippen molar-refractivity contribution in [2.75, 3.05) is 13.6 Å². The average molecular weight is 167 g/mol. The van der Waals surface area contributed by atoms with Gasteiger partial charge in [0.15, 0.2) is 0 Å². The molecule has 0 radical (unpaired) electrons.